The van der Waals surface area contributed by atoms with Crippen LogP contribution in [0, 0.1) is 0 Å². The van der Waals surface area contributed by atoms with Gasteiger partial charge in [0, 0.05) is 6.54 Å². The second-order valence-electron chi connectivity index (χ2n) is 8.11. The third-order valence-corrected chi connectivity index (χ3v) is 9.45. The molecule has 142 valence electrons. The van der Waals surface area contributed by atoms with Crippen LogP contribution in [-0.2, 0) is 6.42 Å². The number of rotatable bonds is 7. The number of nitrogen functional groups attached to an aromatic ring is 1. The maximum atomic E-state index is 6.49. The Kier molecular flexibility index (Phi) is 6.24. The Morgan fingerprint density at radius 1 is 1.04 bits per heavy atom. The minimum absolute atomic E-state index is 0.137. The lowest BCUT2D eigenvalue weighted by molar-refractivity contribution is 0.414. The molecule has 0 amide bonds. The van der Waals surface area contributed by atoms with Gasteiger partial charge in [0.05, 0.1) is 18.5 Å². The van der Waals surface area contributed by atoms with E-state index < -0.39 is 8.32 Å². The van der Waals surface area contributed by atoms with Crippen LogP contribution in [0.2, 0.25) is 18.1 Å². The van der Waals surface area contributed by atoms with Crippen molar-refractivity contribution in [2.45, 2.75) is 45.3 Å². The number of anilines is 2. The van der Waals surface area contributed by atoms with Crippen molar-refractivity contribution in [2.75, 3.05) is 24.7 Å². The molecule has 0 bridgehead atoms. The lowest BCUT2D eigenvalue weighted by Gasteiger charge is -2.37. The van der Waals surface area contributed by atoms with Gasteiger partial charge in [-0.05, 0) is 54.4 Å². The molecule has 0 saturated heterocycles. The molecule has 0 unspecified atom stereocenters. The van der Waals surface area contributed by atoms with Crippen molar-refractivity contribution in [2.24, 2.45) is 0 Å². The second kappa shape index (κ2) is 8.04. The van der Waals surface area contributed by atoms with Crippen LogP contribution >= 0.6 is 0 Å². The van der Waals surface area contributed by atoms with Crippen LogP contribution in [0.1, 0.15) is 26.3 Å². The molecular formula is C21H32N2O2Si. The summed E-state index contributed by atoms with van der Waals surface area (Å²) < 4.78 is 11.7. The molecule has 0 aliphatic rings. The summed E-state index contributed by atoms with van der Waals surface area (Å²) in [6.45, 7) is 12.0. The Balaban J connectivity index is 2.08. The average Bonchev–Trinajstić information content (AvgIpc) is 2.56. The van der Waals surface area contributed by atoms with Gasteiger partial charge in [-0.2, -0.15) is 0 Å². The molecule has 2 rings (SSSR count). The molecule has 0 fully saturated rings. The average molecular weight is 373 g/mol. The van der Waals surface area contributed by atoms with Crippen LogP contribution in [0.15, 0.2) is 42.5 Å². The minimum atomic E-state index is -1.92. The van der Waals surface area contributed by atoms with Crippen molar-refractivity contribution in [3.63, 3.8) is 0 Å². The highest BCUT2D eigenvalue weighted by Gasteiger charge is 2.39. The number of nitrogens with one attached hydrogen (secondary N) is 1. The van der Waals surface area contributed by atoms with E-state index in [1.807, 2.05) is 30.3 Å². The van der Waals surface area contributed by atoms with E-state index in [9.17, 15) is 0 Å². The monoisotopic (exact) mass is 372 g/mol. The van der Waals surface area contributed by atoms with Crippen LogP contribution in [0.5, 0.6) is 11.5 Å². The molecule has 4 nitrogen and oxygen atoms in total. The van der Waals surface area contributed by atoms with E-state index >= 15 is 0 Å². The van der Waals surface area contributed by atoms with Gasteiger partial charge < -0.3 is 20.2 Å². The normalized spacial score (nSPS) is 11.9. The first-order valence-electron chi connectivity index (χ1n) is 9.08. The van der Waals surface area contributed by atoms with Crippen molar-refractivity contribution in [3.8, 4) is 11.5 Å². The third kappa shape index (κ3) is 4.94. The fourth-order valence-electron chi connectivity index (χ4n) is 2.37. The van der Waals surface area contributed by atoms with Gasteiger partial charge in [-0.15, -0.1) is 0 Å². The lowest BCUT2D eigenvalue weighted by atomic mass is 10.1. The van der Waals surface area contributed by atoms with E-state index in [0.29, 0.717) is 0 Å². The molecule has 2 aromatic rings. The van der Waals surface area contributed by atoms with Gasteiger partial charge in [-0.1, -0.05) is 39.0 Å². The number of methoxy groups -OCH3 is 1. The maximum Gasteiger partial charge on any atom is 0.250 e. The van der Waals surface area contributed by atoms with Gasteiger partial charge in [-0.3, -0.25) is 0 Å². The Bertz CT molecular complexity index is 722. The Morgan fingerprint density at radius 3 is 2.27 bits per heavy atom. The zero-order chi connectivity index (χ0) is 19.4. The molecule has 0 aliphatic heterocycles. The minimum Gasteiger partial charge on any atom is -0.542 e. The van der Waals surface area contributed by atoms with Crippen molar-refractivity contribution >= 4 is 19.7 Å². The number of hydrogen-bond acceptors (Lipinski definition) is 4. The number of ether oxygens (including phenoxy) is 1. The van der Waals surface area contributed by atoms with E-state index in [4.69, 9.17) is 14.9 Å². The van der Waals surface area contributed by atoms with Crippen LogP contribution < -0.4 is 20.2 Å². The SMILES string of the molecule is COc1ccc(CCNc2c(N)cccc2O[Si](C)(C)C(C)(C)C)cc1. The zero-order valence-corrected chi connectivity index (χ0v) is 17.8. The predicted molar refractivity (Wildman–Crippen MR) is 114 cm³/mol. The Hall–Kier alpha value is -2.14. The van der Waals surface area contributed by atoms with Crippen LogP contribution in [0.4, 0.5) is 11.4 Å². The van der Waals surface area contributed by atoms with Gasteiger partial charge in [0.25, 0.3) is 8.32 Å². The highest BCUT2D eigenvalue weighted by molar-refractivity contribution is 6.74. The van der Waals surface area contributed by atoms with E-state index in [1.54, 1.807) is 7.11 Å². The zero-order valence-electron chi connectivity index (χ0n) is 16.8. The Morgan fingerprint density at radius 2 is 1.69 bits per heavy atom. The smallest absolute Gasteiger partial charge is 0.250 e. The van der Waals surface area contributed by atoms with Crippen molar-refractivity contribution in [1.82, 2.24) is 0 Å². The molecule has 0 spiro atoms. The first kappa shape index (κ1) is 20.2. The van der Waals surface area contributed by atoms with E-state index in [0.717, 1.165) is 35.8 Å². The number of nitrogens with two attached hydrogens (primary N) is 1. The van der Waals surface area contributed by atoms with Gasteiger partial charge in [-0.25, -0.2) is 0 Å². The highest BCUT2D eigenvalue weighted by Crippen LogP contribution is 2.40. The van der Waals surface area contributed by atoms with Crippen molar-refractivity contribution in [1.29, 1.82) is 0 Å². The lowest BCUT2D eigenvalue weighted by Crippen LogP contribution is -2.44. The van der Waals surface area contributed by atoms with E-state index in [2.05, 4.69) is 51.3 Å². The van der Waals surface area contributed by atoms with E-state index in [-0.39, 0.29) is 5.04 Å². The maximum absolute atomic E-state index is 6.49. The summed E-state index contributed by atoms with van der Waals surface area (Å²) in [7, 11) is -0.244. The Labute approximate surface area is 158 Å². The van der Waals surface area contributed by atoms with Crippen LogP contribution in [0.3, 0.4) is 0 Å². The topological polar surface area (TPSA) is 56.5 Å². The third-order valence-electron chi connectivity index (χ3n) is 5.10. The summed E-state index contributed by atoms with van der Waals surface area (Å²) in [5, 5.41) is 3.61. The number of para-hydroxylation sites is 1. The summed E-state index contributed by atoms with van der Waals surface area (Å²) in [6, 6.07) is 14.0. The molecule has 5 heteroatoms. The van der Waals surface area contributed by atoms with Gasteiger partial charge in [0.15, 0.2) is 0 Å². The number of benzene rings is 2. The molecule has 0 heterocycles. The van der Waals surface area contributed by atoms with Crippen LogP contribution in [-0.4, -0.2) is 22.0 Å². The van der Waals surface area contributed by atoms with Crippen molar-refractivity contribution < 1.29 is 9.16 Å². The largest absolute Gasteiger partial charge is 0.542 e. The quantitative estimate of drug-likeness (QED) is 0.510. The predicted octanol–water partition coefficient (Wildman–Crippen LogP) is 5.32. The van der Waals surface area contributed by atoms with Gasteiger partial charge in [0.1, 0.15) is 11.5 Å². The van der Waals surface area contributed by atoms with E-state index in [1.165, 1.54) is 5.56 Å². The molecular weight excluding hydrogens is 340 g/mol. The molecule has 26 heavy (non-hydrogen) atoms. The van der Waals surface area contributed by atoms with Crippen molar-refractivity contribution in [3.05, 3.63) is 48.0 Å². The molecule has 2 aromatic carbocycles. The summed E-state index contributed by atoms with van der Waals surface area (Å²) in [4.78, 5) is 0. The molecule has 3 N–H and O–H groups in total. The standard InChI is InChI=1S/C21H32N2O2Si/c1-21(2,3)26(5,6)25-19-9-7-8-18(22)20(19)23-15-14-16-10-12-17(24-4)13-11-16/h7-13,23H,14-15,22H2,1-6H3. The molecule has 0 radical (unpaired) electrons. The van der Waals surface area contributed by atoms with Crippen LogP contribution in [0.25, 0.3) is 0 Å². The molecule has 0 atom stereocenters. The fourth-order valence-corrected chi connectivity index (χ4v) is 3.40. The fraction of sp³-hybridized carbons (Fsp3) is 0.429. The summed E-state index contributed by atoms with van der Waals surface area (Å²) in [6.07, 6.45) is 0.901. The highest BCUT2D eigenvalue weighted by atomic mass is 28.4. The summed E-state index contributed by atoms with van der Waals surface area (Å²) in [5.74, 6) is 1.73. The molecule has 0 saturated carbocycles. The molecule has 0 aliphatic carbocycles. The first-order chi connectivity index (χ1) is 12.1. The molecule has 0 aromatic heterocycles. The second-order valence-corrected chi connectivity index (χ2v) is 12.8. The van der Waals surface area contributed by atoms with Gasteiger partial charge in [0.2, 0.25) is 0 Å². The number of hydrogen-bond donors (Lipinski definition) is 2. The van der Waals surface area contributed by atoms with Gasteiger partial charge >= 0.3 is 0 Å². The first-order valence-corrected chi connectivity index (χ1v) is 12.0. The summed E-state index contributed by atoms with van der Waals surface area (Å²) in [5.41, 5.74) is 9.09. The summed E-state index contributed by atoms with van der Waals surface area (Å²) >= 11 is 0.